The molecule has 0 unspecified atom stereocenters. The normalized spacial score (nSPS) is 31.2. The minimum Gasteiger partial charge on any atom is -0.454 e. The zero-order valence-corrected chi connectivity index (χ0v) is 21.8. The number of nitrogens with zero attached hydrogens (tertiary/aromatic N) is 1. The summed E-state index contributed by atoms with van der Waals surface area (Å²) in [6.07, 6.45) is 0.816. The van der Waals surface area contributed by atoms with Gasteiger partial charge in [-0.2, -0.15) is 0 Å². The van der Waals surface area contributed by atoms with Gasteiger partial charge in [0.05, 0.1) is 16.9 Å². The van der Waals surface area contributed by atoms with Crippen LogP contribution in [0.2, 0.25) is 5.02 Å². The molecule has 7 nitrogen and oxygen atoms in total. The SMILES string of the molecule is Cc1c(NC(=O)COC(=O)CN2C(=O)[C@@H]3[C@H]4C[C@@H]([C@H](Br)[C@H]4Br)[C@@H]3C2=O)ccc(Br)c1Cl. The number of rotatable bonds is 5. The monoisotopic (exact) mass is 638 g/mol. The van der Waals surface area contributed by atoms with Gasteiger partial charge in [0.1, 0.15) is 6.54 Å². The van der Waals surface area contributed by atoms with Gasteiger partial charge < -0.3 is 10.1 Å². The molecule has 4 rings (SSSR count). The fraction of sp³-hybridized carbons (Fsp3) is 0.500. The van der Waals surface area contributed by atoms with Crippen LogP contribution >= 0.6 is 59.4 Å². The van der Waals surface area contributed by atoms with Gasteiger partial charge in [0.25, 0.3) is 5.91 Å². The molecule has 6 atom stereocenters. The van der Waals surface area contributed by atoms with Crippen molar-refractivity contribution in [3.63, 3.8) is 0 Å². The largest absolute Gasteiger partial charge is 0.454 e. The Bertz CT molecular complexity index is 958. The van der Waals surface area contributed by atoms with E-state index in [1.807, 2.05) is 0 Å². The van der Waals surface area contributed by atoms with Crippen LogP contribution < -0.4 is 5.32 Å². The quantitative estimate of drug-likeness (QED) is 0.301. The Morgan fingerprint density at radius 2 is 1.74 bits per heavy atom. The number of imide groups is 1. The van der Waals surface area contributed by atoms with Crippen molar-refractivity contribution in [3.05, 3.63) is 27.2 Å². The molecule has 166 valence electrons. The van der Waals surface area contributed by atoms with Crippen molar-refractivity contribution < 1.29 is 23.9 Å². The van der Waals surface area contributed by atoms with E-state index < -0.39 is 36.9 Å². The number of nitrogens with one attached hydrogen (secondary N) is 1. The van der Waals surface area contributed by atoms with Crippen LogP contribution in [0.25, 0.3) is 0 Å². The summed E-state index contributed by atoms with van der Waals surface area (Å²) in [5.74, 6) is -2.64. The number of fused-ring (bicyclic) bond motifs is 5. The number of anilines is 1. The molecule has 3 amide bonds. The molecule has 1 saturated heterocycles. The number of likely N-dealkylation sites (tertiary alicyclic amines) is 1. The topological polar surface area (TPSA) is 92.8 Å². The van der Waals surface area contributed by atoms with Crippen molar-refractivity contribution in [1.29, 1.82) is 0 Å². The van der Waals surface area contributed by atoms with Crippen LogP contribution in [0.3, 0.4) is 0 Å². The molecule has 1 aromatic rings. The van der Waals surface area contributed by atoms with Gasteiger partial charge in [0.2, 0.25) is 11.8 Å². The molecule has 0 radical (unpaired) electrons. The third-order valence-corrected chi connectivity index (χ3v) is 10.9. The number of hydrogen-bond donors (Lipinski definition) is 1. The number of halogens is 4. The Labute approximate surface area is 208 Å². The maximum atomic E-state index is 12.8. The summed E-state index contributed by atoms with van der Waals surface area (Å²) in [4.78, 5) is 51.3. The Kier molecular flexibility index (Phi) is 6.55. The maximum Gasteiger partial charge on any atom is 0.326 e. The predicted octanol–water partition coefficient (Wildman–Crippen LogP) is 3.67. The molecule has 1 N–H and O–H groups in total. The lowest BCUT2D eigenvalue weighted by molar-refractivity contribution is -0.154. The first-order chi connectivity index (χ1) is 14.6. The van der Waals surface area contributed by atoms with Gasteiger partial charge in [-0.3, -0.25) is 24.1 Å². The molecule has 1 heterocycles. The average Bonchev–Trinajstić information content (AvgIpc) is 3.33. The van der Waals surface area contributed by atoms with E-state index in [0.717, 1.165) is 11.3 Å². The summed E-state index contributed by atoms with van der Waals surface area (Å²) in [5, 5.41) is 3.10. The van der Waals surface area contributed by atoms with Crippen LogP contribution in [0.15, 0.2) is 16.6 Å². The third kappa shape index (κ3) is 3.98. The van der Waals surface area contributed by atoms with Crippen LogP contribution in [-0.4, -0.2) is 51.4 Å². The molecule has 2 aliphatic carbocycles. The molecule has 11 heteroatoms. The molecule has 31 heavy (non-hydrogen) atoms. The number of ether oxygens (including phenoxy) is 1. The van der Waals surface area contributed by atoms with Crippen LogP contribution in [0.5, 0.6) is 0 Å². The van der Waals surface area contributed by atoms with E-state index in [4.69, 9.17) is 16.3 Å². The van der Waals surface area contributed by atoms with Gasteiger partial charge in [-0.15, -0.1) is 0 Å². The van der Waals surface area contributed by atoms with Gasteiger partial charge in [0, 0.05) is 19.8 Å². The fourth-order valence-corrected chi connectivity index (χ4v) is 7.33. The second kappa shape index (κ2) is 8.76. The Balaban J connectivity index is 1.33. The third-order valence-electron chi connectivity index (χ3n) is 6.34. The fourth-order valence-electron chi connectivity index (χ4n) is 4.86. The lowest BCUT2D eigenvalue weighted by Gasteiger charge is -2.28. The van der Waals surface area contributed by atoms with Crippen molar-refractivity contribution in [2.45, 2.75) is 23.0 Å². The first-order valence-electron chi connectivity index (χ1n) is 9.65. The maximum absolute atomic E-state index is 12.8. The van der Waals surface area contributed by atoms with Gasteiger partial charge >= 0.3 is 5.97 Å². The summed E-state index contributed by atoms with van der Waals surface area (Å²) in [6.45, 7) is 0.728. The number of esters is 1. The minimum atomic E-state index is -0.805. The van der Waals surface area contributed by atoms with Gasteiger partial charge in [-0.1, -0.05) is 43.5 Å². The number of benzene rings is 1. The molecule has 0 spiro atoms. The highest BCUT2D eigenvalue weighted by Gasteiger charge is 2.66. The lowest BCUT2D eigenvalue weighted by Crippen LogP contribution is -2.38. The van der Waals surface area contributed by atoms with E-state index in [1.165, 1.54) is 0 Å². The van der Waals surface area contributed by atoms with E-state index in [2.05, 4.69) is 53.1 Å². The highest BCUT2D eigenvalue weighted by molar-refractivity contribution is 9.12. The number of alkyl halides is 2. The number of hydrogen-bond acceptors (Lipinski definition) is 5. The summed E-state index contributed by atoms with van der Waals surface area (Å²) in [6, 6.07) is 3.37. The first-order valence-corrected chi connectivity index (χ1v) is 12.7. The Morgan fingerprint density at radius 1 is 1.16 bits per heavy atom. The highest BCUT2D eigenvalue weighted by atomic mass is 79.9. The second-order valence-electron chi connectivity index (χ2n) is 8.01. The molecular formula is C20H18Br3ClN2O5. The lowest BCUT2D eigenvalue weighted by atomic mass is 9.81. The predicted molar refractivity (Wildman–Crippen MR) is 124 cm³/mol. The number of carbonyl (C=O) groups is 4. The van der Waals surface area contributed by atoms with E-state index in [-0.39, 0.29) is 33.3 Å². The van der Waals surface area contributed by atoms with Crippen LogP contribution in [0.1, 0.15) is 12.0 Å². The molecule has 1 aliphatic heterocycles. The average molecular weight is 642 g/mol. The van der Waals surface area contributed by atoms with Crippen molar-refractivity contribution >= 4 is 88.8 Å². The van der Waals surface area contributed by atoms with E-state index >= 15 is 0 Å². The molecule has 0 aromatic heterocycles. The van der Waals surface area contributed by atoms with Crippen molar-refractivity contribution in [3.8, 4) is 0 Å². The van der Waals surface area contributed by atoms with E-state index in [9.17, 15) is 19.2 Å². The zero-order valence-electron chi connectivity index (χ0n) is 16.2. The smallest absolute Gasteiger partial charge is 0.326 e. The Morgan fingerprint density at radius 3 is 2.32 bits per heavy atom. The van der Waals surface area contributed by atoms with Crippen LogP contribution in [-0.2, 0) is 23.9 Å². The summed E-state index contributed by atoms with van der Waals surface area (Å²) >= 11 is 16.7. The Hall–Kier alpha value is -0.970. The van der Waals surface area contributed by atoms with Gasteiger partial charge in [0.15, 0.2) is 6.61 Å². The van der Waals surface area contributed by atoms with E-state index in [1.54, 1.807) is 19.1 Å². The van der Waals surface area contributed by atoms with Crippen LogP contribution in [0.4, 0.5) is 5.69 Å². The molecule has 2 bridgehead atoms. The summed E-state index contributed by atoms with van der Waals surface area (Å²) < 4.78 is 5.70. The molecular weight excluding hydrogens is 623 g/mol. The standard InChI is InChI=1S/C20H18Br3ClN2O5/c1-7-11(3-2-10(21)18(7)24)25-12(27)6-31-13(28)5-26-19(29)14-8-4-9(15(14)20(26)30)17(23)16(8)22/h2-3,8-9,14-17H,4-6H2,1H3,(H,25,27)/t8-,9-,14-,15+,16+,17+/m1/s1. The second-order valence-corrected chi connectivity index (χ2v) is 11.4. The van der Waals surface area contributed by atoms with Crippen molar-refractivity contribution in [2.75, 3.05) is 18.5 Å². The first kappa shape index (κ1) is 23.2. The van der Waals surface area contributed by atoms with E-state index in [0.29, 0.717) is 20.7 Å². The van der Waals surface area contributed by atoms with Crippen molar-refractivity contribution in [1.82, 2.24) is 4.90 Å². The molecule has 2 saturated carbocycles. The van der Waals surface area contributed by atoms with Crippen molar-refractivity contribution in [2.24, 2.45) is 23.7 Å². The molecule has 3 aliphatic rings. The number of carbonyl (C=O) groups excluding carboxylic acids is 4. The van der Waals surface area contributed by atoms with Gasteiger partial charge in [-0.05, 0) is 58.8 Å². The van der Waals surface area contributed by atoms with Crippen LogP contribution in [0, 0.1) is 30.6 Å². The zero-order chi connectivity index (χ0) is 22.6. The number of amides is 3. The summed E-state index contributed by atoms with van der Waals surface area (Å²) in [5.41, 5.74) is 1.16. The highest BCUT2D eigenvalue weighted by Crippen LogP contribution is 2.60. The molecule has 1 aromatic carbocycles. The minimum absolute atomic E-state index is 0.0728. The molecule has 3 fully saturated rings. The summed E-state index contributed by atoms with van der Waals surface area (Å²) in [7, 11) is 0. The van der Waals surface area contributed by atoms with Gasteiger partial charge in [-0.25, -0.2) is 0 Å².